The molecule has 0 saturated heterocycles. The molecule has 0 aliphatic heterocycles. The Morgan fingerprint density at radius 1 is 1.10 bits per heavy atom. The van der Waals surface area contributed by atoms with Crippen LogP contribution in [0.5, 0.6) is 0 Å². The van der Waals surface area contributed by atoms with Gasteiger partial charge >= 0.3 is 5.97 Å². The lowest BCUT2D eigenvalue weighted by molar-refractivity contribution is 0.0692. The van der Waals surface area contributed by atoms with E-state index in [2.05, 4.69) is 0 Å². The molecule has 2 rings (SSSR count). The van der Waals surface area contributed by atoms with Crippen molar-refractivity contribution >= 4 is 15.8 Å². The Bertz CT molecular complexity index is 835. The molecule has 5 nitrogen and oxygen atoms in total. The first-order valence-electron chi connectivity index (χ1n) is 5.99. The van der Waals surface area contributed by atoms with Gasteiger partial charge in [-0.15, -0.1) is 0 Å². The molecule has 0 amide bonds. The Morgan fingerprint density at radius 3 is 2.38 bits per heavy atom. The highest BCUT2D eigenvalue weighted by molar-refractivity contribution is 7.90. The molecule has 21 heavy (non-hydrogen) atoms. The first-order valence-corrected chi connectivity index (χ1v) is 7.64. The number of carboxylic acid groups (broad SMARTS) is 1. The van der Waals surface area contributed by atoms with Crippen LogP contribution in [0.15, 0.2) is 53.4 Å². The maximum absolute atomic E-state index is 12.4. The van der Waals surface area contributed by atoms with Crippen LogP contribution in [-0.2, 0) is 15.6 Å². The zero-order valence-electron chi connectivity index (χ0n) is 10.9. The highest BCUT2D eigenvalue weighted by atomic mass is 32.2. The number of aromatic carboxylic acids is 1. The van der Waals surface area contributed by atoms with Crippen LogP contribution in [0, 0.1) is 11.3 Å². The van der Waals surface area contributed by atoms with Crippen LogP contribution in [0.1, 0.15) is 21.5 Å². The van der Waals surface area contributed by atoms with E-state index in [-0.39, 0.29) is 16.0 Å². The molecule has 0 aliphatic carbocycles. The monoisotopic (exact) mass is 301 g/mol. The molecule has 1 N–H and O–H groups in total. The first kappa shape index (κ1) is 14.8. The Hall–Kier alpha value is -2.65. The Morgan fingerprint density at radius 2 is 1.71 bits per heavy atom. The average Bonchev–Trinajstić information content (AvgIpc) is 2.47. The maximum Gasteiger partial charge on any atom is 0.337 e. The Kier molecular flexibility index (Phi) is 4.05. The summed E-state index contributed by atoms with van der Waals surface area (Å²) in [6.45, 7) is 0. The average molecular weight is 301 g/mol. The van der Waals surface area contributed by atoms with E-state index in [4.69, 9.17) is 10.4 Å². The smallest absolute Gasteiger partial charge is 0.337 e. The molecule has 0 radical (unpaired) electrons. The minimum Gasteiger partial charge on any atom is -0.478 e. The lowest BCUT2D eigenvalue weighted by Gasteiger charge is -2.08. The largest absolute Gasteiger partial charge is 0.478 e. The summed E-state index contributed by atoms with van der Waals surface area (Å²) < 4.78 is 24.8. The number of carboxylic acids is 1. The molecule has 2 aromatic rings. The standard InChI is InChI=1S/C15H11NO4S/c16-9-11-5-1-2-6-12(11)10-21(19,20)14-8-4-3-7-13(14)15(17)18/h1-8H,10H2,(H,17,18). The van der Waals surface area contributed by atoms with Gasteiger partial charge in [-0.25, -0.2) is 13.2 Å². The van der Waals surface area contributed by atoms with Crippen LogP contribution in [0.4, 0.5) is 0 Å². The van der Waals surface area contributed by atoms with Crippen LogP contribution in [0.3, 0.4) is 0 Å². The number of nitrogens with zero attached hydrogens (tertiary/aromatic N) is 1. The van der Waals surface area contributed by atoms with Crippen molar-refractivity contribution in [2.75, 3.05) is 0 Å². The molecule has 0 bridgehead atoms. The van der Waals surface area contributed by atoms with Crippen molar-refractivity contribution < 1.29 is 18.3 Å². The van der Waals surface area contributed by atoms with Gasteiger partial charge in [-0.1, -0.05) is 30.3 Å². The molecule has 0 fully saturated rings. The third-order valence-corrected chi connectivity index (χ3v) is 4.65. The second kappa shape index (κ2) is 5.77. The van der Waals surface area contributed by atoms with Crippen LogP contribution in [0.2, 0.25) is 0 Å². The topological polar surface area (TPSA) is 95.2 Å². The van der Waals surface area contributed by atoms with Crippen molar-refractivity contribution in [2.45, 2.75) is 10.6 Å². The zero-order chi connectivity index (χ0) is 15.5. The van der Waals surface area contributed by atoms with Crippen LogP contribution >= 0.6 is 0 Å². The van der Waals surface area contributed by atoms with Crippen molar-refractivity contribution in [3.8, 4) is 6.07 Å². The predicted molar refractivity (Wildman–Crippen MR) is 75.4 cm³/mol. The predicted octanol–water partition coefficient (Wildman–Crippen LogP) is 2.23. The van der Waals surface area contributed by atoms with E-state index in [9.17, 15) is 13.2 Å². The van der Waals surface area contributed by atoms with E-state index in [0.717, 1.165) is 0 Å². The zero-order valence-corrected chi connectivity index (χ0v) is 11.7. The van der Waals surface area contributed by atoms with E-state index >= 15 is 0 Å². The molecule has 0 atom stereocenters. The number of hydrogen-bond acceptors (Lipinski definition) is 4. The lowest BCUT2D eigenvalue weighted by Crippen LogP contribution is -2.11. The highest BCUT2D eigenvalue weighted by Crippen LogP contribution is 2.22. The molecule has 0 heterocycles. The minimum absolute atomic E-state index is 0.245. The van der Waals surface area contributed by atoms with Crippen molar-refractivity contribution in [3.05, 3.63) is 65.2 Å². The minimum atomic E-state index is -3.85. The summed E-state index contributed by atoms with van der Waals surface area (Å²) in [5, 5.41) is 18.1. The summed E-state index contributed by atoms with van der Waals surface area (Å²) in [5.74, 6) is -1.72. The molecule has 0 aliphatic rings. The summed E-state index contributed by atoms with van der Waals surface area (Å²) in [6, 6.07) is 13.7. The fourth-order valence-electron chi connectivity index (χ4n) is 1.95. The number of sulfone groups is 1. The van der Waals surface area contributed by atoms with Gasteiger partial charge in [0.1, 0.15) is 0 Å². The molecular formula is C15H11NO4S. The SMILES string of the molecule is N#Cc1ccccc1CS(=O)(=O)c1ccccc1C(=O)O. The molecule has 0 spiro atoms. The summed E-state index contributed by atoms with van der Waals surface area (Å²) in [7, 11) is -3.85. The van der Waals surface area contributed by atoms with Gasteiger partial charge in [0.25, 0.3) is 0 Å². The van der Waals surface area contributed by atoms with Crippen molar-refractivity contribution in [1.29, 1.82) is 5.26 Å². The van der Waals surface area contributed by atoms with Crippen molar-refractivity contribution in [1.82, 2.24) is 0 Å². The normalized spacial score (nSPS) is 10.8. The van der Waals surface area contributed by atoms with E-state index < -0.39 is 21.6 Å². The van der Waals surface area contributed by atoms with Crippen LogP contribution < -0.4 is 0 Å². The van der Waals surface area contributed by atoms with Gasteiger partial charge in [0.15, 0.2) is 9.84 Å². The third-order valence-electron chi connectivity index (χ3n) is 2.94. The van der Waals surface area contributed by atoms with Crippen molar-refractivity contribution in [2.24, 2.45) is 0 Å². The van der Waals surface area contributed by atoms with E-state index in [1.54, 1.807) is 18.2 Å². The molecule has 6 heteroatoms. The fourth-order valence-corrected chi connectivity index (χ4v) is 3.55. The van der Waals surface area contributed by atoms with Crippen LogP contribution in [0.25, 0.3) is 0 Å². The summed E-state index contributed by atoms with van der Waals surface area (Å²) >= 11 is 0. The second-order valence-corrected chi connectivity index (χ2v) is 6.29. The molecule has 0 unspecified atom stereocenters. The van der Waals surface area contributed by atoms with Crippen LogP contribution in [-0.4, -0.2) is 19.5 Å². The summed E-state index contributed by atoms with van der Waals surface area (Å²) in [5.41, 5.74) is 0.334. The second-order valence-electron chi connectivity index (χ2n) is 4.33. The number of carbonyl (C=O) groups is 1. The van der Waals surface area contributed by atoms with Gasteiger partial charge in [-0.2, -0.15) is 5.26 Å². The van der Waals surface area contributed by atoms with E-state index in [1.165, 1.54) is 30.3 Å². The number of nitriles is 1. The Balaban J connectivity index is 2.50. The molecule has 0 saturated carbocycles. The van der Waals surface area contributed by atoms with Gasteiger partial charge in [0, 0.05) is 0 Å². The highest BCUT2D eigenvalue weighted by Gasteiger charge is 2.23. The van der Waals surface area contributed by atoms with E-state index in [1.807, 2.05) is 6.07 Å². The van der Waals surface area contributed by atoms with E-state index in [0.29, 0.717) is 5.56 Å². The van der Waals surface area contributed by atoms with Gasteiger partial charge in [-0.3, -0.25) is 0 Å². The summed E-state index contributed by atoms with van der Waals surface area (Å²) in [6.07, 6.45) is 0. The quantitative estimate of drug-likeness (QED) is 0.934. The molecular weight excluding hydrogens is 290 g/mol. The molecule has 2 aromatic carbocycles. The summed E-state index contributed by atoms with van der Waals surface area (Å²) in [4.78, 5) is 10.9. The molecule has 106 valence electrons. The number of rotatable bonds is 4. The van der Waals surface area contributed by atoms with Crippen molar-refractivity contribution in [3.63, 3.8) is 0 Å². The maximum atomic E-state index is 12.4. The molecule has 0 aromatic heterocycles. The number of hydrogen-bond donors (Lipinski definition) is 1. The van der Waals surface area contributed by atoms with Gasteiger partial charge in [-0.05, 0) is 23.8 Å². The van der Waals surface area contributed by atoms with Gasteiger partial charge in [0.2, 0.25) is 0 Å². The lowest BCUT2D eigenvalue weighted by atomic mass is 10.1. The fraction of sp³-hybridized carbons (Fsp3) is 0.0667. The third kappa shape index (κ3) is 3.09. The number of benzene rings is 2. The first-order chi connectivity index (χ1) is 9.95. The van der Waals surface area contributed by atoms with Gasteiger partial charge < -0.3 is 5.11 Å². The van der Waals surface area contributed by atoms with Gasteiger partial charge in [0.05, 0.1) is 27.8 Å². The Labute approximate surface area is 122 Å².